The van der Waals surface area contributed by atoms with Crippen LogP contribution in [0.4, 0.5) is 0 Å². The van der Waals surface area contributed by atoms with Crippen molar-refractivity contribution >= 4 is 34.1 Å². The standard InChI is InChI=1S/C10H9IN2O2/c1-2-15-10(14)7-6-12-13-8(7)4-3-5-9(13)11/h3-6H,2H2,1H3. The SMILES string of the molecule is CCOC(=O)c1cnn2c(I)cccc12. The molecular formula is C10H9IN2O2. The first-order chi connectivity index (χ1) is 7.24. The van der Waals surface area contributed by atoms with E-state index in [0.717, 1.165) is 9.22 Å². The molecule has 0 bridgehead atoms. The molecule has 0 aromatic carbocycles. The number of carbonyl (C=O) groups is 1. The van der Waals surface area contributed by atoms with Crippen molar-refractivity contribution in [2.24, 2.45) is 0 Å². The van der Waals surface area contributed by atoms with E-state index in [1.54, 1.807) is 11.4 Å². The Labute approximate surface area is 100 Å². The fraction of sp³-hybridized carbons (Fsp3) is 0.200. The second kappa shape index (κ2) is 4.18. The monoisotopic (exact) mass is 316 g/mol. The number of hydrogen-bond donors (Lipinski definition) is 0. The first-order valence-electron chi connectivity index (χ1n) is 4.53. The molecule has 0 atom stereocenters. The van der Waals surface area contributed by atoms with Gasteiger partial charge in [0.2, 0.25) is 0 Å². The second-order valence-corrected chi connectivity index (χ2v) is 4.03. The van der Waals surface area contributed by atoms with E-state index in [1.807, 2.05) is 18.2 Å². The predicted molar refractivity (Wildman–Crippen MR) is 63.9 cm³/mol. The Hall–Kier alpha value is -1.11. The quantitative estimate of drug-likeness (QED) is 0.484. The summed E-state index contributed by atoms with van der Waals surface area (Å²) >= 11 is 2.16. The number of aromatic nitrogens is 2. The van der Waals surface area contributed by atoms with Crippen molar-refractivity contribution < 1.29 is 9.53 Å². The molecule has 4 nitrogen and oxygen atoms in total. The van der Waals surface area contributed by atoms with E-state index in [2.05, 4.69) is 27.7 Å². The van der Waals surface area contributed by atoms with Crippen LogP contribution in [0.5, 0.6) is 0 Å². The number of pyridine rings is 1. The minimum absolute atomic E-state index is 0.325. The highest BCUT2D eigenvalue weighted by atomic mass is 127. The molecule has 5 heteroatoms. The zero-order valence-electron chi connectivity index (χ0n) is 8.11. The van der Waals surface area contributed by atoms with E-state index in [1.165, 1.54) is 6.20 Å². The Morgan fingerprint density at radius 3 is 3.13 bits per heavy atom. The number of nitrogens with zero attached hydrogens (tertiary/aromatic N) is 2. The minimum Gasteiger partial charge on any atom is -0.462 e. The van der Waals surface area contributed by atoms with Gasteiger partial charge in [0.1, 0.15) is 9.26 Å². The summed E-state index contributed by atoms with van der Waals surface area (Å²) in [6.07, 6.45) is 1.54. The van der Waals surface area contributed by atoms with Crippen molar-refractivity contribution in [1.29, 1.82) is 0 Å². The topological polar surface area (TPSA) is 43.6 Å². The lowest BCUT2D eigenvalue weighted by atomic mass is 10.3. The molecule has 2 aromatic rings. The summed E-state index contributed by atoms with van der Waals surface area (Å²) in [4.78, 5) is 11.6. The number of fused-ring (bicyclic) bond motifs is 1. The van der Waals surface area contributed by atoms with Crippen LogP contribution in [0.15, 0.2) is 24.4 Å². The van der Waals surface area contributed by atoms with E-state index in [-0.39, 0.29) is 5.97 Å². The van der Waals surface area contributed by atoms with E-state index in [0.29, 0.717) is 12.2 Å². The number of ether oxygens (including phenoxy) is 1. The lowest BCUT2D eigenvalue weighted by Gasteiger charge is -2.00. The van der Waals surface area contributed by atoms with Crippen LogP contribution in [0.1, 0.15) is 17.3 Å². The molecule has 2 heterocycles. The second-order valence-electron chi connectivity index (χ2n) is 2.92. The normalized spacial score (nSPS) is 10.5. The lowest BCUT2D eigenvalue weighted by molar-refractivity contribution is 0.0528. The molecule has 0 fully saturated rings. The van der Waals surface area contributed by atoms with E-state index in [9.17, 15) is 4.79 Å². The molecule has 0 aliphatic rings. The van der Waals surface area contributed by atoms with Gasteiger partial charge in [-0.1, -0.05) is 6.07 Å². The molecule has 0 aliphatic carbocycles. The van der Waals surface area contributed by atoms with E-state index in [4.69, 9.17) is 4.74 Å². The molecule has 15 heavy (non-hydrogen) atoms. The summed E-state index contributed by atoms with van der Waals surface area (Å²) in [5.41, 5.74) is 1.29. The van der Waals surface area contributed by atoms with Crippen LogP contribution in [0.2, 0.25) is 0 Å². The van der Waals surface area contributed by atoms with Crippen LogP contribution in [0.3, 0.4) is 0 Å². The number of esters is 1. The molecule has 0 radical (unpaired) electrons. The summed E-state index contributed by atoms with van der Waals surface area (Å²) in [5.74, 6) is -0.325. The largest absolute Gasteiger partial charge is 0.462 e. The highest BCUT2D eigenvalue weighted by Gasteiger charge is 2.13. The van der Waals surface area contributed by atoms with Crippen LogP contribution >= 0.6 is 22.6 Å². The Kier molecular flexibility index (Phi) is 2.90. The Morgan fingerprint density at radius 1 is 1.60 bits per heavy atom. The average Bonchev–Trinajstić information content (AvgIpc) is 2.63. The Balaban J connectivity index is 2.54. The van der Waals surface area contributed by atoms with Gasteiger partial charge in [-0.15, -0.1) is 0 Å². The van der Waals surface area contributed by atoms with Gasteiger partial charge >= 0.3 is 5.97 Å². The molecule has 0 spiro atoms. The maximum atomic E-state index is 11.6. The van der Waals surface area contributed by atoms with Crippen LogP contribution in [-0.4, -0.2) is 22.2 Å². The third-order valence-electron chi connectivity index (χ3n) is 1.99. The Morgan fingerprint density at radius 2 is 2.40 bits per heavy atom. The van der Waals surface area contributed by atoms with E-state index < -0.39 is 0 Å². The molecule has 0 saturated heterocycles. The number of carbonyl (C=O) groups excluding carboxylic acids is 1. The Bertz CT molecular complexity index is 507. The van der Waals surface area contributed by atoms with Gasteiger partial charge < -0.3 is 4.74 Å². The van der Waals surface area contributed by atoms with Gasteiger partial charge in [0.05, 0.1) is 18.3 Å². The molecule has 0 saturated carbocycles. The van der Waals surface area contributed by atoms with Crippen molar-refractivity contribution in [3.8, 4) is 0 Å². The summed E-state index contributed by atoms with van der Waals surface area (Å²) in [6.45, 7) is 2.16. The number of rotatable bonds is 2. The smallest absolute Gasteiger partial charge is 0.341 e. The molecule has 78 valence electrons. The lowest BCUT2D eigenvalue weighted by Crippen LogP contribution is -2.04. The van der Waals surface area contributed by atoms with Crippen molar-refractivity contribution in [2.45, 2.75) is 6.92 Å². The number of hydrogen-bond acceptors (Lipinski definition) is 3. The van der Waals surface area contributed by atoms with Crippen LogP contribution in [0.25, 0.3) is 5.52 Å². The van der Waals surface area contributed by atoms with E-state index >= 15 is 0 Å². The molecule has 2 rings (SSSR count). The number of halogens is 1. The molecule has 0 aliphatic heterocycles. The summed E-state index contributed by atoms with van der Waals surface area (Å²) in [5, 5.41) is 4.13. The van der Waals surface area contributed by atoms with Gasteiger partial charge in [-0.3, -0.25) is 0 Å². The maximum Gasteiger partial charge on any atom is 0.341 e. The summed E-state index contributed by atoms with van der Waals surface area (Å²) in [6, 6.07) is 5.67. The zero-order valence-corrected chi connectivity index (χ0v) is 10.3. The average molecular weight is 316 g/mol. The first kappa shape index (κ1) is 10.4. The molecule has 0 amide bonds. The van der Waals surface area contributed by atoms with Gasteiger partial charge in [0.15, 0.2) is 0 Å². The van der Waals surface area contributed by atoms with Gasteiger partial charge in [-0.2, -0.15) is 5.10 Å². The summed E-state index contributed by atoms with van der Waals surface area (Å²) < 4.78 is 7.61. The third kappa shape index (κ3) is 1.83. The van der Waals surface area contributed by atoms with Crippen molar-refractivity contribution in [3.05, 3.63) is 33.7 Å². The van der Waals surface area contributed by atoms with Gasteiger partial charge in [-0.25, -0.2) is 9.31 Å². The zero-order chi connectivity index (χ0) is 10.8. The van der Waals surface area contributed by atoms with Gasteiger partial charge in [0.25, 0.3) is 0 Å². The molecule has 2 aromatic heterocycles. The minimum atomic E-state index is -0.325. The van der Waals surface area contributed by atoms with Crippen molar-refractivity contribution in [3.63, 3.8) is 0 Å². The fourth-order valence-corrected chi connectivity index (χ4v) is 1.94. The highest BCUT2D eigenvalue weighted by molar-refractivity contribution is 14.1. The van der Waals surface area contributed by atoms with Gasteiger partial charge in [-0.05, 0) is 41.6 Å². The molecular weight excluding hydrogens is 307 g/mol. The van der Waals surface area contributed by atoms with Crippen LogP contribution in [0, 0.1) is 3.70 Å². The first-order valence-corrected chi connectivity index (χ1v) is 5.61. The predicted octanol–water partition coefficient (Wildman–Crippen LogP) is 2.12. The molecule has 0 unspecified atom stereocenters. The third-order valence-corrected chi connectivity index (χ3v) is 2.81. The van der Waals surface area contributed by atoms with Crippen molar-refractivity contribution in [2.75, 3.05) is 6.61 Å². The fourth-order valence-electron chi connectivity index (χ4n) is 1.34. The summed E-state index contributed by atoms with van der Waals surface area (Å²) in [7, 11) is 0. The van der Waals surface area contributed by atoms with Gasteiger partial charge in [0, 0.05) is 0 Å². The van der Waals surface area contributed by atoms with Crippen LogP contribution < -0.4 is 0 Å². The van der Waals surface area contributed by atoms with Crippen LogP contribution in [-0.2, 0) is 4.74 Å². The van der Waals surface area contributed by atoms with Crippen molar-refractivity contribution in [1.82, 2.24) is 9.61 Å². The molecule has 0 N–H and O–H groups in total. The maximum absolute atomic E-state index is 11.6. The highest BCUT2D eigenvalue weighted by Crippen LogP contribution is 2.14.